The minimum Gasteiger partial charge on any atom is -0.478 e. The maximum Gasteiger partial charge on any atom is 0.340 e. The molecule has 1 heterocycles. The van der Waals surface area contributed by atoms with Crippen molar-refractivity contribution in [3.8, 4) is 0 Å². The van der Waals surface area contributed by atoms with Crippen LogP contribution in [-0.2, 0) is 10.0 Å². The highest BCUT2D eigenvalue weighted by molar-refractivity contribution is 7.89. The first-order valence-corrected chi connectivity index (χ1v) is 7.83. The van der Waals surface area contributed by atoms with Crippen molar-refractivity contribution >= 4 is 16.0 Å². The highest BCUT2D eigenvalue weighted by Gasteiger charge is 2.31. The molecule has 0 aliphatic carbocycles. The van der Waals surface area contributed by atoms with Crippen LogP contribution in [0.5, 0.6) is 0 Å². The van der Waals surface area contributed by atoms with Crippen molar-refractivity contribution in [3.05, 3.63) is 17.1 Å². The molecular weight excluding hydrogens is 282 g/mol. The Hall–Kier alpha value is -1.34. The maximum atomic E-state index is 12.3. The number of carboxylic acid groups (broad SMARTS) is 1. The van der Waals surface area contributed by atoms with Gasteiger partial charge in [-0.15, -0.1) is 0 Å². The van der Waals surface area contributed by atoms with Crippen LogP contribution in [-0.4, -0.2) is 26.0 Å². The van der Waals surface area contributed by atoms with Gasteiger partial charge in [0.15, 0.2) is 0 Å². The standard InChI is InChI=1S/C13H21NO5S/c1-6-13(4,5)7-14-20(17,18)11-9(3)19-8(2)10(11)12(15)16/h14H,6-7H2,1-5H3,(H,15,16). The van der Waals surface area contributed by atoms with Crippen LogP contribution in [0.1, 0.15) is 49.1 Å². The van der Waals surface area contributed by atoms with Crippen LogP contribution < -0.4 is 4.72 Å². The molecule has 20 heavy (non-hydrogen) atoms. The predicted molar refractivity (Wildman–Crippen MR) is 74.4 cm³/mol. The highest BCUT2D eigenvalue weighted by atomic mass is 32.2. The predicted octanol–water partition coefficient (Wildman–Crippen LogP) is 2.31. The van der Waals surface area contributed by atoms with E-state index < -0.39 is 16.0 Å². The van der Waals surface area contributed by atoms with Crippen LogP contribution in [0.15, 0.2) is 9.31 Å². The second kappa shape index (κ2) is 5.57. The number of nitrogens with one attached hydrogen (secondary N) is 1. The molecule has 0 saturated heterocycles. The molecule has 0 amide bonds. The number of rotatable bonds is 6. The largest absolute Gasteiger partial charge is 0.478 e. The SMILES string of the molecule is CCC(C)(C)CNS(=O)(=O)c1c(C)oc(C)c1C(=O)O. The monoisotopic (exact) mass is 303 g/mol. The number of carbonyl (C=O) groups is 1. The second-order valence-corrected chi connectivity index (χ2v) is 7.27. The van der Waals surface area contributed by atoms with E-state index in [-0.39, 0.29) is 33.9 Å². The Balaban J connectivity index is 3.20. The quantitative estimate of drug-likeness (QED) is 0.840. The number of furan rings is 1. The second-order valence-electron chi connectivity index (χ2n) is 5.57. The molecule has 0 aromatic carbocycles. The Bertz CT molecular complexity index is 613. The molecule has 0 unspecified atom stereocenters. The summed E-state index contributed by atoms with van der Waals surface area (Å²) < 4.78 is 32.3. The van der Waals surface area contributed by atoms with E-state index in [2.05, 4.69) is 4.72 Å². The average molecular weight is 303 g/mol. The van der Waals surface area contributed by atoms with Gasteiger partial charge in [0.2, 0.25) is 10.0 Å². The van der Waals surface area contributed by atoms with Gasteiger partial charge in [0.25, 0.3) is 0 Å². The zero-order chi connectivity index (χ0) is 15.7. The van der Waals surface area contributed by atoms with E-state index in [9.17, 15) is 13.2 Å². The Labute approximate surface area is 119 Å². The van der Waals surface area contributed by atoms with Crippen molar-refractivity contribution < 1.29 is 22.7 Å². The van der Waals surface area contributed by atoms with Gasteiger partial charge in [-0.1, -0.05) is 20.8 Å². The molecule has 0 spiro atoms. The molecule has 0 bridgehead atoms. The van der Waals surface area contributed by atoms with E-state index in [0.717, 1.165) is 6.42 Å². The van der Waals surface area contributed by atoms with Crippen LogP contribution in [0.3, 0.4) is 0 Å². The summed E-state index contributed by atoms with van der Waals surface area (Å²) in [5.74, 6) is -1.14. The minimum absolute atomic E-state index is 0.0849. The molecule has 7 heteroatoms. The fourth-order valence-corrected chi connectivity index (χ4v) is 3.37. The molecule has 2 N–H and O–H groups in total. The first-order valence-electron chi connectivity index (χ1n) is 6.35. The Kier molecular flexibility index (Phi) is 4.66. The molecule has 114 valence electrons. The van der Waals surface area contributed by atoms with Crippen molar-refractivity contribution in [2.24, 2.45) is 5.41 Å². The van der Waals surface area contributed by atoms with E-state index in [1.165, 1.54) is 13.8 Å². The fraction of sp³-hybridized carbons (Fsp3) is 0.615. The number of aromatic carboxylic acids is 1. The van der Waals surface area contributed by atoms with E-state index in [1.54, 1.807) is 0 Å². The molecule has 6 nitrogen and oxygen atoms in total. The van der Waals surface area contributed by atoms with Gasteiger partial charge in [0, 0.05) is 6.54 Å². The van der Waals surface area contributed by atoms with Crippen molar-refractivity contribution in [2.75, 3.05) is 6.54 Å². The minimum atomic E-state index is -3.91. The van der Waals surface area contributed by atoms with Crippen molar-refractivity contribution in [1.82, 2.24) is 4.72 Å². The molecule has 0 saturated carbocycles. The normalized spacial score (nSPS) is 12.7. The van der Waals surface area contributed by atoms with Gasteiger partial charge >= 0.3 is 5.97 Å². The smallest absolute Gasteiger partial charge is 0.340 e. The molecule has 0 aliphatic rings. The third-order valence-corrected chi connectivity index (χ3v) is 4.94. The van der Waals surface area contributed by atoms with E-state index in [0.29, 0.717) is 0 Å². The summed E-state index contributed by atoms with van der Waals surface area (Å²) in [6, 6.07) is 0. The summed E-state index contributed by atoms with van der Waals surface area (Å²) in [4.78, 5) is 10.9. The topological polar surface area (TPSA) is 96.6 Å². The molecule has 0 fully saturated rings. The summed E-state index contributed by atoms with van der Waals surface area (Å²) in [5, 5.41) is 9.15. The van der Waals surface area contributed by atoms with E-state index in [4.69, 9.17) is 9.52 Å². The van der Waals surface area contributed by atoms with E-state index >= 15 is 0 Å². The summed E-state index contributed by atoms with van der Waals surface area (Å²) in [7, 11) is -3.91. The summed E-state index contributed by atoms with van der Waals surface area (Å²) in [6.07, 6.45) is 0.796. The van der Waals surface area contributed by atoms with Crippen LogP contribution in [0.4, 0.5) is 0 Å². The van der Waals surface area contributed by atoms with Crippen LogP contribution in [0.25, 0.3) is 0 Å². The first kappa shape index (κ1) is 16.7. The third kappa shape index (κ3) is 3.40. The van der Waals surface area contributed by atoms with Gasteiger partial charge in [0.05, 0.1) is 0 Å². The lowest BCUT2D eigenvalue weighted by atomic mass is 9.91. The number of hydrogen-bond acceptors (Lipinski definition) is 4. The summed E-state index contributed by atoms with van der Waals surface area (Å²) >= 11 is 0. The fourth-order valence-electron chi connectivity index (χ4n) is 1.72. The van der Waals surface area contributed by atoms with Crippen molar-refractivity contribution in [3.63, 3.8) is 0 Å². The third-order valence-electron chi connectivity index (χ3n) is 3.39. The zero-order valence-corrected chi connectivity index (χ0v) is 13.2. The molecule has 0 radical (unpaired) electrons. The van der Waals surface area contributed by atoms with E-state index in [1.807, 2.05) is 20.8 Å². The van der Waals surface area contributed by atoms with Gasteiger partial charge in [-0.25, -0.2) is 17.9 Å². The molecule has 0 aliphatic heterocycles. The van der Waals surface area contributed by atoms with Gasteiger partial charge in [-0.3, -0.25) is 0 Å². The Morgan fingerprint density at radius 2 is 1.85 bits per heavy atom. The van der Waals surface area contributed by atoms with Gasteiger partial charge in [-0.05, 0) is 25.7 Å². The molecule has 1 aromatic heterocycles. The summed E-state index contributed by atoms with van der Waals surface area (Å²) in [6.45, 7) is 8.94. The molecule has 0 atom stereocenters. The van der Waals surface area contributed by atoms with Crippen LogP contribution in [0, 0.1) is 19.3 Å². The number of hydrogen-bond donors (Lipinski definition) is 2. The number of aryl methyl sites for hydroxylation is 2. The highest BCUT2D eigenvalue weighted by Crippen LogP contribution is 2.27. The molecule has 1 rings (SSSR count). The van der Waals surface area contributed by atoms with Crippen LogP contribution in [0.2, 0.25) is 0 Å². The van der Waals surface area contributed by atoms with Gasteiger partial charge in [0.1, 0.15) is 22.0 Å². The van der Waals surface area contributed by atoms with Crippen molar-refractivity contribution in [2.45, 2.75) is 45.9 Å². The number of carboxylic acids is 1. The van der Waals surface area contributed by atoms with Gasteiger partial charge in [-0.2, -0.15) is 0 Å². The zero-order valence-electron chi connectivity index (χ0n) is 12.4. The lowest BCUT2D eigenvalue weighted by molar-refractivity contribution is 0.0691. The lowest BCUT2D eigenvalue weighted by Gasteiger charge is -2.22. The molecular formula is C13H21NO5S. The lowest BCUT2D eigenvalue weighted by Crippen LogP contribution is -2.34. The average Bonchev–Trinajstić information content (AvgIpc) is 2.63. The Morgan fingerprint density at radius 3 is 2.30 bits per heavy atom. The van der Waals surface area contributed by atoms with Crippen molar-refractivity contribution in [1.29, 1.82) is 0 Å². The van der Waals surface area contributed by atoms with Gasteiger partial charge < -0.3 is 9.52 Å². The Morgan fingerprint density at radius 1 is 1.30 bits per heavy atom. The first-order chi connectivity index (χ1) is 9.02. The maximum absolute atomic E-state index is 12.3. The number of sulfonamides is 1. The molecule has 1 aromatic rings. The van der Waals surface area contributed by atoms with Crippen LogP contribution >= 0.6 is 0 Å². The summed E-state index contributed by atoms with van der Waals surface area (Å²) in [5.41, 5.74) is -0.507.